The van der Waals surface area contributed by atoms with E-state index in [1.54, 1.807) is 17.0 Å². The molecule has 1 aliphatic rings. The van der Waals surface area contributed by atoms with Crippen LogP contribution in [0.15, 0.2) is 18.2 Å². The van der Waals surface area contributed by atoms with Gasteiger partial charge in [0.25, 0.3) is 0 Å². The molecule has 0 unspecified atom stereocenters. The van der Waals surface area contributed by atoms with Crippen LogP contribution in [0.25, 0.3) is 0 Å². The van der Waals surface area contributed by atoms with Crippen LogP contribution in [0.2, 0.25) is 0 Å². The molecule has 0 aromatic heterocycles. The van der Waals surface area contributed by atoms with Gasteiger partial charge in [-0.05, 0) is 18.2 Å². The highest BCUT2D eigenvalue weighted by molar-refractivity contribution is 5.77. The molecule has 0 saturated carbocycles. The van der Waals surface area contributed by atoms with Crippen LogP contribution in [0.4, 0.5) is 10.1 Å². The summed E-state index contributed by atoms with van der Waals surface area (Å²) >= 11 is 0. The summed E-state index contributed by atoms with van der Waals surface area (Å²) in [5.41, 5.74) is 0.576. The number of benzene rings is 1. The number of carbonyl (C=O) groups is 1. The number of amides is 1. The van der Waals surface area contributed by atoms with E-state index in [0.29, 0.717) is 31.9 Å². The standard InChI is InChI=1S/C13H16FN2O2/c1-18-10-13(17)16-8-6-15(7-9-16)12-5-3-2-4-11(12)14/h3-5H,6-10H2,1H3. The zero-order valence-corrected chi connectivity index (χ0v) is 10.4. The summed E-state index contributed by atoms with van der Waals surface area (Å²) in [4.78, 5) is 15.3. The third kappa shape index (κ3) is 2.79. The van der Waals surface area contributed by atoms with Gasteiger partial charge in [0.05, 0.1) is 5.69 Å². The summed E-state index contributed by atoms with van der Waals surface area (Å²) in [7, 11) is 1.50. The van der Waals surface area contributed by atoms with Gasteiger partial charge >= 0.3 is 0 Å². The molecular formula is C13H16FN2O2. The number of carbonyl (C=O) groups excluding carboxylic acids is 1. The van der Waals surface area contributed by atoms with E-state index in [4.69, 9.17) is 4.74 Å². The molecule has 0 spiro atoms. The van der Waals surface area contributed by atoms with E-state index in [9.17, 15) is 9.18 Å². The lowest BCUT2D eigenvalue weighted by molar-refractivity contribution is -0.135. The van der Waals surface area contributed by atoms with Gasteiger partial charge in [-0.3, -0.25) is 4.79 Å². The third-order valence-corrected chi connectivity index (χ3v) is 3.03. The Hall–Kier alpha value is -1.62. The fourth-order valence-electron chi connectivity index (χ4n) is 2.07. The van der Waals surface area contributed by atoms with Crippen molar-refractivity contribution in [3.05, 3.63) is 30.1 Å². The van der Waals surface area contributed by atoms with Crippen LogP contribution >= 0.6 is 0 Å². The van der Waals surface area contributed by atoms with Crippen molar-refractivity contribution in [2.75, 3.05) is 44.8 Å². The van der Waals surface area contributed by atoms with Crippen molar-refractivity contribution in [3.63, 3.8) is 0 Å². The van der Waals surface area contributed by atoms with Crippen LogP contribution in [-0.2, 0) is 9.53 Å². The topological polar surface area (TPSA) is 32.8 Å². The van der Waals surface area contributed by atoms with Crippen molar-refractivity contribution >= 4 is 11.6 Å². The number of halogens is 1. The Morgan fingerprint density at radius 2 is 2.17 bits per heavy atom. The molecule has 0 aliphatic carbocycles. The average molecular weight is 251 g/mol. The van der Waals surface area contributed by atoms with E-state index in [2.05, 4.69) is 6.07 Å². The molecule has 97 valence electrons. The number of piperazine rings is 1. The van der Waals surface area contributed by atoms with Crippen molar-refractivity contribution in [1.82, 2.24) is 4.90 Å². The first-order chi connectivity index (χ1) is 8.72. The second kappa shape index (κ2) is 5.82. The lowest BCUT2D eigenvalue weighted by atomic mass is 10.2. The first kappa shape index (κ1) is 12.8. The number of methoxy groups -OCH3 is 1. The lowest BCUT2D eigenvalue weighted by Crippen LogP contribution is -2.49. The van der Waals surface area contributed by atoms with Crippen LogP contribution in [0, 0.1) is 11.9 Å². The average Bonchev–Trinajstić information content (AvgIpc) is 2.40. The predicted octanol–water partition coefficient (Wildman–Crippen LogP) is 0.921. The van der Waals surface area contributed by atoms with Crippen LogP contribution in [0.1, 0.15) is 0 Å². The maximum Gasteiger partial charge on any atom is 0.248 e. The highest BCUT2D eigenvalue weighted by Gasteiger charge is 2.22. The summed E-state index contributed by atoms with van der Waals surface area (Å²) in [6, 6.07) is 7.44. The van der Waals surface area contributed by atoms with Crippen LogP contribution in [-0.4, -0.2) is 50.7 Å². The maximum atomic E-state index is 13.6. The summed E-state index contributed by atoms with van der Waals surface area (Å²) < 4.78 is 18.4. The first-order valence-electron chi connectivity index (χ1n) is 5.89. The first-order valence-corrected chi connectivity index (χ1v) is 5.89. The smallest absolute Gasteiger partial charge is 0.248 e. The highest BCUT2D eigenvalue weighted by atomic mass is 19.1. The second-order valence-corrected chi connectivity index (χ2v) is 4.18. The Labute approximate surface area is 106 Å². The minimum absolute atomic E-state index is 0.0148. The molecule has 1 saturated heterocycles. The maximum absolute atomic E-state index is 13.6. The monoisotopic (exact) mass is 251 g/mol. The summed E-state index contributed by atoms with van der Waals surface area (Å²) in [6.07, 6.45) is 0. The van der Waals surface area contributed by atoms with Gasteiger partial charge in [0.15, 0.2) is 0 Å². The lowest BCUT2D eigenvalue weighted by Gasteiger charge is -2.36. The molecule has 0 N–H and O–H groups in total. The quantitative estimate of drug-likeness (QED) is 0.801. The molecular weight excluding hydrogens is 235 g/mol. The Balaban J connectivity index is 1.95. The number of hydrogen-bond acceptors (Lipinski definition) is 3. The Morgan fingerprint density at radius 1 is 1.44 bits per heavy atom. The van der Waals surface area contributed by atoms with E-state index >= 15 is 0 Å². The molecule has 1 fully saturated rings. The van der Waals surface area contributed by atoms with Gasteiger partial charge in [-0.1, -0.05) is 6.07 Å². The van der Waals surface area contributed by atoms with Gasteiger partial charge in [-0.25, -0.2) is 4.39 Å². The minimum atomic E-state index is -0.269. The van der Waals surface area contributed by atoms with Crippen molar-refractivity contribution < 1.29 is 13.9 Å². The van der Waals surface area contributed by atoms with Gasteiger partial charge in [-0.2, -0.15) is 0 Å². The number of rotatable bonds is 3. The fourth-order valence-corrected chi connectivity index (χ4v) is 2.07. The third-order valence-electron chi connectivity index (χ3n) is 3.03. The van der Waals surface area contributed by atoms with Gasteiger partial charge in [-0.15, -0.1) is 0 Å². The molecule has 5 heteroatoms. The number of ether oxygens (including phenoxy) is 1. The van der Waals surface area contributed by atoms with Crippen LogP contribution in [0.3, 0.4) is 0 Å². The Bertz CT molecular complexity index is 417. The highest BCUT2D eigenvalue weighted by Crippen LogP contribution is 2.19. The van der Waals surface area contributed by atoms with Crippen molar-refractivity contribution in [3.8, 4) is 0 Å². The van der Waals surface area contributed by atoms with Crippen LogP contribution in [0.5, 0.6) is 0 Å². The van der Waals surface area contributed by atoms with Gasteiger partial charge in [0.1, 0.15) is 12.4 Å². The molecule has 1 amide bonds. The molecule has 1 radical (unpaired) electrons. The molecule has 0 bridgehead atoms. The fraction of sp³-hybridized carbons (Fsp3) is 0.462. The predicted molar refractivity (Wildman–Crippen MR) is 65.9 cm³/mol. The minimum Gasteiger partial charge on any atom is -0.375 e. The van der Waals surface area contributed by atoms with Crippen molar-refractivity contribution in [2.45, 2.75) is 0 Å². The molecule has 1 aromatic carbocycles. The van der Waals surface area contributed by atoms with E-state index in [-0.39, 0.29) is 18.3 Å². The van der Waals surface area contributed by atoms with E-state index in [0.717, 1.165) is 0 Å². The zero-order valence-electron chi connectivity index (χ0n) is 10.4. The summed E-state index contributed by atoms with van der Waals surface area (Å²) in [5.74, 6) is -0.284. The molecule has 1 aromatic rings. The Morgan fingerprint density at radius 3 is 2.78 bits per heavy atom. The van der Waals surface area contributed by atoms with E-state index in [1.165, 1.54) is 13.2 Å². The Kier molecular flexibility index (Phi) is 4.15. The largest absolute Gasteiger partial charge is 0.375 e. The number of nitrogens with zero attached hydrogens (tertiary/aromatic N) is 2. The van der Waals surface area contributed by atoms with Gasteiger partial charge < -0.3 is 14.5 Å². The molecule has 1 heterocycles. The number of hydrogen-bond donors (Lipinski definition) is 0. The van der Waals surface area contributed by atoms with Gasteiger partial charge in [0.2, 0.25) is 5.91 Å². The number of anilines is 1. The zero-order chi connectivity index (χ0) is 13.0. The summed E-state index contributed by atoms with van der Waals surface area (Å²) in [6.45, 7) is 2.57. The summed E-state index contributed by atoms with van der Waals surface area (Å²) in [5, 5.41) is 0. The molecule has 1 aliphatic heterocycles. The molecule has 2 rings (SSSR count). The van der Waals surface area contributed by atoms with E-state index < -0.39 is 0 Å². The molecule has 4 nitrogen and oxygen atoms in total. The molecule has 0 atom stereocenters. The van der Waals surface area contributed by atoms with E-state index in [1.807, 2.05) is 4.90 Å². The SMILES string of the molecule is COCC(=O)N1CCN(c2cc[c]cc2F)CC1. The van der Waals surface area contributed by atoms with Crippen LogP contribution < -0.4 is 4.90 Å². The van der Waals surface area contributed by atoms with Gasteiger partial charge in [0, 0.05) is 33.3 Å². The normalized spacial score (nSPS) is 15.9. The second-order valence-electron chi connectivity index (χ2n) is 4.18. The molecule has 18 heavy (non-hydrogen) atoms. The van der Waals surface area contributed by atoms with Crippen molar-refractivity contribution in [2.24, 2.45) is 0 Å². The van der Waals surface area contributed by atoms with Crippen molar-refractivity contribution in [1.29, 1.82) is 0 Å².